The van der Waals surface area contributed by atoms with E-state index in [1.807, 2.05) is 54.6 Å². The Labute approximate surface area is 195 Å². The van der Waals surface area contributed by atoms with Gasteiger partial charge in [0, 0.05) is 28.8 Å². The lowest BCUT2D eigenvalue weighted by Crippen LogP contribution is -2.45. The molecule has 5 rings (SSSR count). The topological polar surface area (TPSA) is 88.4 Å². The number of hydrogen-bond acceptors (Lipinski definition) is 4. The quantitative estimate of drug-likeness (QED) is 0.480. The maximum atomic E-state index is 13.4. The van der Waals surface area contributed by atoms with Gasteiger partial charge in [0.2, 0.25) is 5.91 Å². The summed E-state index contributed by atoms with van der Waals surface area (Å²) in [4.78, 5) is 30.5. The molecule has 1 saturated heterocycles. The number of fused-ring (bicyclic) bond motifs is 1. The van der Waals surface area contributed by atoms with Crippen LogP contribution >= 0.6 is 11.6 Å². The van der Waals surface area contributed by atoms with Crippen molar-refractivity contribution in [2.45, 2.75) is 25.3 Å². The van der Waals surface area contributed by atoms with Crippen LogP contribution in [0.4, 0.5) is 0 Å². The standard InChI is InChI=1S/C25H22ClN5O2/c26-18-11-5-4-10-17(18)21-14-22(25(33)29-19-12-6-7-13-27-24(19)32)31-23(28-21)15-20(30-31)16-8-2-1-3-9-16/h1-5,8-11,14-15,19H,6-7,12-13H2,(H,27,32)(H,29,33). The number of benzene rings is 2. The Morgan fingerprint density at radius 2 is 1.82 bits per heavy atom. The van der Waals surface area contributed by atoms with Gasteiger partial charge in [0.15, 0.2) is 5.65 Å². The molecule has 166 valence electrons. The fraction of sp³-hybridized carbons (Fsp3) is 0.200. The van der Waals surface area contributed by atoms with E-state index >= 15 is 0 Å². The molecule has 3 heterocycles. The molecule has 33 heavy (non-hydrogen) atoms. The molecule has 8 heteroatoms. The molecule has 7 nitrogen and oxygen atoms in total. The molecule has 2 aromatic heterocycles. The maximum Gasteiger partial charge on any atom is 0.270 e. The molecular formula is C25H22ClN5O2. The van der Waals surface area contributed by atoms with Crippen molar-refractivity contribution in [3.63, 3.8) is 0 Å². The SMILES string of the molecule is O=C(NC1CCCCNC1=O)c1cc(-c2ccccc2Cl)nc2cc(-c3ccccc3)nn12. The number of nitrogens with one attached hydrogen (secondary N) is 2. The zero-order valence-electron chi connectivity index (χ0n) is 17.8. The van der Waals surface area contributed by atoms with Gasteiger partial charge in [-0.2, -0.15) is 5.10 Å². The first-order chi connectivity index (χ1) is 16.1. The van der Waals surface area contributed by atoms with Gasteiger partial charge in [0.1, 0.15) is 11.7 Å². The van der Waals surface area contributed by atoms with Crippen LogP contribution in [0.25, 0.3) is 28.2 Å². The van der Waals surface area contributed by atoms with Crippen molar-refractivity contribution < 1.29 is 9.59 Å². The van der Waals surface area contributed by atoms with Crippen molar-refractivity contribution >= 4 is 29.1 Å². The highest BCUT2D eigenvalue weighted by Gasteiger charge is 2.25. The first-order valence-corrected chi connectivity index (χ1v) is 11.3. The van der Waals surface area contributed by atoms with E-state index in [1.54, 1.807) is 12.1 Å². The predicted octanol–water partition coefficient (Wildman–Crippen LogP) is 4.12. The molecule has 1 aliphatic rings. The van der Waals surface area contributed by atoms with Gasteiger partial charge in [0.05, 0.1) is 11.4 Å². The van der Waals surface area contributed by atoms with Crippen molar-refractivity contribution in [1.82, 2.24) is 25.2 Å². The molecule has 2 aromatic carbocycles. The Morgan fingerprint density at radius 1 is 1.03 bits per heavy atom. The van der Waals surface area contributed by atoms with Gasteiger partial charge in [0.25, 0.3) is 5.91 Å². The van der Waals surface area contributed by atoms with E-state index < -0.39 is 6.04 Å². The first kappa shape index (κ1) is 21.2. The van der Waals surface area contributed by atoms with E-state index in [0.29, 0.717) is 40.6 Å². The number of rotatable bonds is 4. The number of carbonyl (C=O) groups excluding carboxylic acids is 2. The van der Waals surface area contributed by atoms with E-state index in [-0.39, 0.29) is 17.5 Å². The molecule has 0 spiro atoms. The minimum atomic E-state index is -0.587. The van der Waals surface area contributed by atoms with Gasteiger partial charge in [-0.15, -0.1) is 0 Å². The predicted molar refractivity (Wildman–Crippen MR) is 127 cm³/mol. The molecule has 1 unspecified atom stereocenters. The largest absolute Gasteiger partial charge is 0.354 e. The molecule has 0 aliphatic carbocycles. The minimum absolute atomic E-state index is 0.164. The number of aromatic nitrogens is 3. The summed E-state index contributed by atoms with van der Waals surface area (Å²) in [6.45, 7) is 0.626. The Kier molecular flexibility index (Phi) is 5.79. The fourth-order valence-electron chi connectivity index (χ4n) is 4.00. The fourth-order valence-corrected chi connectivity index (χ4v) is 4.23. The number of carbonyl (C=O) groups is 2. The van der Waals surface area contributed by atoms with Crippen LogP contribution in [0.3, 0.4) is 0 Å². The number of nitrogens with zero attached hydrogens (tertiary/aromatic N) is 3. The van der Waals surface area contributed by atoms with E-state index in [2.05, 4.69) is 15.7 Å². The Balaban J connectivity index is 1.61. The Bertz CT molecular complexity index is 1340. The van der Waals surface area contributed by atoms with Crippen molar-refractivity contribution in [1.29, 1.82) is 0 Å². The summed E-state index contributed by atoms with van der Waals surface area (Å²) in [7, 11) is 0. The Hall–Kier alpha value is -3.71. The molecule has 0 radical (unpaired) electrons. The third kappa shape index (κ3) is 4.32. The summed E-state index contributed by atoms with van der Waals surface area (Å²) in [5.41, 5.74) is 3.68. The zero-order chi connectivity index (χ0) is 22.8. The smallest absolute Gasteiger partial charge is 0.270 e. The van der Waals surface area contributed by atoms with Gasteiger partial charge in [-0.1, -0.05) is 60.1 Å². The van der Waals surface area contributed by atoms with Crippen molar-refractivity contribution in [3.05, 3.63) is 77.4 Å². The minimum Gasteiger partial charge on any atom is -0.354 e. The lowest BCUT2D eigenvalue weighted by molar-refractivity contribution is -0.122. The first-order valence-electron chi connectivity index (χ1n) is 10.9. The highest BCUT2D eigenvalue weighted by atomic mass is 35.5. The van der Waals surface area contributed by atoms with E-state index in [0.717, 1.165) is 18.4 Å². The summed E-state index contributed by atoms with van der Waals surface area (Å²) < 4.78 is 1.52. The van der Waals surface area contributed by atoms with Crippen LogP contribution in [-0.2, 0) is 4.79 Å². The summed E-state index contributed by atoms with van der Waals surface area (Å²) in [5, 5.41) is 10.9. The lowest BCUT2D eigenvalue weighted by Gasteiger charge is -2.16. The molecule has 1 fully saturated rings. The number of amides is 2. The third-order valence-corrected chi connectivity index (χ3v) is 6.05. The van der Waals surface area contributed by atoms with Crippen LogP contribution in [0.15, 0.2) is 66.7 Å². The van der Waals surface area contributed by atoms with E-state index in [9.17, 15) is 9.59 Å². The normalized spacial score (nSPS) is 16.3. The summed E-state index contributed by atoms with van der Waals surface area (Å²) in [5.74, 6) is -0.552. The maximum absolute atomic E-state index is 13.4. The van der Waals surface area contributed by atoms with Gasteiger partial charge >= 0.3 is 0 Å². The average molecular weight is 460 g/mol. The van der Waals surface area contributed by atoms with Crippen molar-refractivity contribution in [2.24, 2.45) is 0 Å². The van der Waals surface area contributed by atoms with Crippen LogP contribution in [0.1, 0.15) is 29.8 Å². The van der Waals surface area contributed by atoms with Gasteiger partial charge in [-0.3, -0.25) is 9.59 Å². The average Bonchev–Trinajstić information content (AvgIpc) is 3.17. The number of hydrogen-bond donors (Lipinski definition) is 2. The highest BCUT2D eigenvalue weighted by molar-refractivity contribution is 6.33. The van der Waals surface area contributed by atoms with Crippen molar-refractivity contribution in [3.8, 4) is 22.5 Å². The van der Waals surface area contributed by atoms with Gasteiger partial charge in [-0.05, 0) is 31.4 Å². The van der Waals surface area contributed by atoms with Crippen LogP contribution in [-0.4, -0.2) is 39.0 Å². The van der Waals surface area contributed by atoms with Gasteiger partial charge in [-0.25, -0.2) is 9.50 Å². The van der Waals surface area contributed by atoms with Crippen molar-refractivity contribution in [2.75, 3.05) is 6.54 Å². The molecule has 1 atom stereocenters. The molecule has 0 saturated carbocycles. The lowest BCUT2D eigenvalue weighted by atomic mass is 10.1. The summed E-state index contributed by atoms with van der Waals surface area (Å²) >= 11 is 6.42. The monoisotopic (exact) mass is 459 g/mol. The summed E-state index contributed by atoms with van der Waals surface area (Å²) in [6.07, 6.45) is 2.35. The highest BCUT2D eigenvalue weighted by Crippen LogP contribution is 2.28. The number of halogens is 1. The molecule has 0 bridgehead atoms. The molecule has 2 N–H and O–H groups in total. The molecular weight excluding hydrogens is 438 g/mol. The molecule has 1 aliphatic heterocycles. The molecule has 2 amide bonds. The summed E-state index contributed by atoms with van der Waals surface area (Å²) in [6, 6.07) is 20.0. The van der Waals surface area contributed by atoms with Crippen LogP contribution in [0, 0.1) is 0 Å². The van der Waals surface area contributed by atoms with Crippen LogP contribution in [0.2, 0.25) is 5.02 Å². The van der Waals surface area contributed by atoms with Gasteiger partial charge < -0.3 is 10.6 Å². The van der Waals surface area contributed by atoms with Crippen LogP contribution in [0.5, 0.6) is 0 Å². The van der Waals surface area contributed by atoms with Crippen LogP contribution < -0.4 is 10.6 Å². The third-order valence-electron chi connectivity index (χ3n) is 5.72. The second-order valence-corrected chi connectivity index (χ2v) is 8.39. The Morgan fingerprint density at radius 3 is 2.64 bits per heavy atom. The van der Waals surface area contributed by atoms with E-state index in [4.69, 9.17) is 16.6 Å². The molecule has 4 aromatic rings. The van der Waals surface area contributed by atoms with E-state index in [1.165, 1.54) is 4.52 Å². The second kappa shape index (κ2) is 9.03. The zero-order valence-corrected chi connectivity index (χ0v) is 18.5. The second-order valence-electron chi connectivity index (χ2n) is 7.98.